The number of rotatable bonds is 3. The summed E-state index contributed by atoms with van der Waals surface area (Å²) < 4.78 is 38.7. The van der Waals surface area contributed by atoms with Crippen LogP contribution in [0.4, 0.5) is 18.9 Å². The summed E-state index contributed by atoms with van der Waals surface area (Å²) in [6.07, 6.45) is -6.28. The first-order valence-corrected chi connectivity index (χ1v) is 5.48. The van der Waals surface area contributed by atoms with Crippen LogP contribution in [0.15, 0.2) is 12.1 Å². The molecule has 1 atom stereocenters. The van der Waals surface area contributed by atoms with Gasteiger partial charge in [-0.3, -0.25) is 4.79 Å². The molecular formula is C12H12F3NO4. The van der Waals surface area contributed by atoms with Crippen molar-refractivity contribution in [3.05, 3.63) is 28.8 Å². The fourth-order valence-electron chi connectivity index (χ4n) is 1.68. The summed E-state index contributed by atoms with van der Waals surface area (Å²) in [5.41, 5.74) is -2.75. The monoisotopic (exact) mass is 291 g/mol. The van der Waals surface area contributed by atoms with Crippen LogP contribution in [0.25, 0.3) is 0 Å². The van der Waals surface area contributed by atoms with Gasteiger partial charge in [-0.15, -0.1) is 0 Å². The molecule has 0 aliphatic heterocycles. The third-order valence-corrected chi connectivity index (χ3v) is 2.49. The molecule has 0 aliphatic carbocycles. The van der Waals surface area contributed by atoms with E-state index in [4.69, 9.17) is 5.11 Å². The van der Waals surface area contributed by atoms with Crippen LogP contribution in [0.3, 0.4) is 0 Å². The van der Waals surface area contributed by atoms with E-state index >= 15 is 0 Å². The lowest BCUT2D eigenvalue weighted by molar-refractivity contribution is -0.139. The van der Waals surface area contributed by atoms with Gasteiger partial charge < -0.3 is 15.5 Å². The highest BCUT2D eigenvalue weighted by Crippen LogP contribution is 2.37. The summed E-state index contributed by atoms with van der Waals surface area (Å²) in [6, 6.07) is 1.22. The lowest BCUT2D eigenvalue weighted by Gasteiger charge is -2.18. The molecular weight excluding hydrogens is 279 g/mol. The van der Waals surface area contributed by atoms with Crippen molar-refractivity contribution < 1.29 is 33.0 Å². The lowest BCUT2D eigenvalue weighted by Crippen LogP contribution is -2.17. The van der Waals surface area contributed by atoms with Crippen LogP contribution in [0.5, 0.6) is 0 Å². The van der Waals surface area contributed by atoms with Crippen molar-refractivity contribution in [2.75, 3.05) is 5.32 Å². The Hall–Kier alpha value is -2.09. The minimum atomic E-state index is -4.78. The molecule has 3 N–H and O–H groups in total. The molecule has 5 nitrogen and oxygen atoms in total. The first kappa shape index (κ1) is 16.0. The maximum atomic E-state index is 12.9. The van der Waals surface area contributed by atoms with Crippen molar-refractivity contribution in [3.8, 4) is 0 Å². The molecule has 0 aliphatic rings. The fraction of sp³-hybridized carbons (Fsp3) is 0.333. The smallest absolute Gasteiger partial charge is 0.416 e. The normalized spacial score (nSPS) is 12.9. The quantitative estimate of drug-likeness (QED) is 0.798. The Kier molecular flexibility index (Phi) is 4.39. The van der Waals surface area contributed by atoms with Crippen LogP contribution < -0.4 is 5.32 Å². The number of hydrogen-bond donors (Lipinski definition) is 3. The topological polar surface area (TPSA) is 86.6 Å². The number of anilines is 1. The predicted molar refractivity (Wildman–Crippen MR) is 63.3 cm³/mol. The highest BCUT2D eigenvalue weighted by molar-refractivity contribution is 6.00. The maximum Gasteiger partial charge on any atom is 0.416 e. The van der Waals surface area contributed by atoms with Crippen molar-refractivity contribution in [1.82, 2.24) is 0 Å². The van der Waals surface area contributed by atoms with E-state index < -0.39 is 46.5 Å². The van der Waals surface area contributed by atoms with Gasteiger partial charge in [0.25, 0.3) is 0 Å². The Morgan fingerprint density at radius 2 is 1.85 bits per heavy atom. The molecule has 110 valence electrons. The Morgan fingerprint density at radius 1 is 1.30 bits per heavy atom. The van der Waals surface area contributed by atoms with Crippen molar-refractivity contribution in [3.63, 3.8) is 0 Å². The second kappa shape index (κ2) is 5.49. The number of aromatic carboxylic acids is 1. The number of aliphatic hydroxyl groups excluding tert-OH is 1. The van der Waals surface area contributed by atoms with Gasteiger partial charge in [-0.25, -0.2) is 4.79 Å². The van der Waals surface area contributed by atoms with Gasteiger partial charge in [-0.05, 0) is 24.6 Å². The fourth-order valence-corrected chi connectivity index (χ4v) is 1.68. The first-order valence-electron chi connectivity index (χ1n) is 5.48. The van der Waals surface area contributed by atoms with Gasteiger partial charge in [0.05, 0.1) is 22.9 Å². The number of alkyl halides is 3. The SMILES string of the molecule is CC(=O)Nc1cc(C(F)(F)F)c(C(C)O)cc1C(=O)O. The largest absolute Gasteiger partial charge is 0.478 e. The van der Waals surface area contributed by atoms with E-state index in [1.165, 1.54) is 0 Å². The van der Waals surface area contributed by atoms with Crippen molar-refractivity contribution in [1.29, 1.82) is 0 Å². The molecule has 1 rings (SSSR count). The van der Waals surface area contributed by atoms with Gasteiger partial charge in [-0.2, -0.15) is 13.2 Å². The molecule has 0 saturated heterocycles. The number of carbonyl (C=O) groups excluding carboxylic acids is 1. The van der Waals surface area contributed by atoms with E-state index in [9.17, 15) is 27.9 Å². The standard InChI is InChI=1S/C12H12F3NO4/c1-5(17)7-3-8(11(19)20)10(16-6(2)18)4-9(7)12(13,14)15/h3-5,17H,1-2H3,(H,16,18)(H,19,20). The van der Waals surface area contributed by atoms with Crippen molar-refractivity contribution in [2.24, 2.45) is 0 Å². The summed E-state index contributed by atoms with van der Waals surface area (Å²) >= 11 is 0. The van der Waals surface area contributed by atoms with Crippen molar-refractivity contribution >= 4 is 17.6 Å². The molecule has 0 aromatic heterocycles. The molecule has 0 saturated carbocycles. The zero-order valence-electron chi connectivity index (χ0n) is 10.6. The summed E-state index contributed by atoms with van der Waals surface area (Å²) in [5.74, 6) is -2.21. The molecule has 1 aromatic carbocycles. The average Bonchev–Trinajstić information content (AvgIpc) is 2.25. The second-order valence-corrected chi connectivity index (χ2v) is 4.15. The number of benzene rings is 1. The Labute approximate surface area is 112 Å². The number of amides is 1. The summed E-state index contributed by atoms with van der Waals surface area (Å²) in [6.45, 7) is 2.13. The Balaban J connectivity index is 3.60. The predicted octanol–water partition coefficient (Wildman–Crippen LogP) is 2.42. The van der Waals surface area contributed by atoms with Crippen LogP contribution in [0.1, 0.15) is 41.4 Å². The summed E-state index contributed by atoms with van der Waals surface area (Å²) in [7, 11) is 0. The first-order chi connectivity index (χ1) is 9.04. The minimum Gasteiger partial charge on any atom is -0.478 e. The van der Waals surface area contributed by atoms with E-state index in [1.54, 1.807) is 0 Å². The highest BCUT2D eigenvalue weighted by atomic mass is 19.4. The molecule has 8 heteroatoms. The van der Waals surface area contributed by atoms with Gasteiger partial charge in [0.1, 0.15) is 0 Å². The molecule has 1 amide bonds. The molecule has 0 bridgehead atoms. The average molecular weight is 291 g/mol. The van der Waals surface area contributed by atoms with Crippen LogP contribution in [-0.4, -0.2) is 22.1 Å². The van der Waals surface area contributed by atoms with E-state index in [-0.39, 0.29) is 0 Å². The Morgan fingerprint density at radius 3 is 2.20 bits per heavy atom. The van der Waals surface area contributed by atoms with E-state index in [2.05, 4.69) is 0 Å². The van der Waals surface area contributed by atoms with Gasteiger partial charge in [0, 0.05) is 6.92 Å². The molecule has 20 heavy (non-hydrogen) atoms. The summed E-state index contributed by atoms with van der Waals surface area (Å²) in [4.78, 5) is 22.0. The number of halogens is 3. The van der Waals surface area contributed by atoms with Gasteiger partial charge in [-0.1, -0.05) is 0 Å². The zero-order chi connectivity index (χ0) is 15.7. The number of carbonyl (C=O) groups is 2. The summed E-state index contributed by atoms with van der Waals surface area (Å²) in [5, 5.41) is 20.4. The Bertz CT molecular complexity index is 552. The molecule has 1 aromatic rings. The zero-order valence-corrected chi connectivity index (χ0v) is 10.6. The number of carboxylic acids is 1. The molecule has 0 heterocycles. The van der Waals surface area contributed by atoms with Crippen LogP contribution in [-0.2, 0) is 11.0 Å². The number of hydrogen-bond acceptors (Lipinski definition) is 3. The minimum absolute atomic E-state index is 0.471. The van der Waals surface area contributed by atoms with Gasteiger partial charge in [0.2, 0.25) is 5.91 Å². The van der Waals surface area contributed by atoms with Crippen LogP contribution >= 0.6 is 0 Å². The van der Waals surface area contributed by atoms with E-state index in [0.717, 1.165) is 13.8 Å². The van der Waals surface area contributed by atoms with Crippen molar-refractivity contribution in [2.45, 2.75) is 26.1 Å². The van der Waals surface area contributed by atoms with Crippen LogP contribution in [0, 0.1) is 0 Å². The third-order valence-electron chi connectivity index (χ3n) is 2.49. The van der Waals surface area contributed by atoms with E-state index in [1.807, 2.05) is 5.32 Å². The van der Waals surface area contributed by atoms with Gasteiger partial charge >= 0.3 is 12.1 Å². The maximum absolute atomic E-state index is 12.9. The molecule has 1 unspecified atom stereocenters. The van der Waals surface area contributed by atoms with Gasteiger partial charge in [0.15, 0.2) is 0 Å². The van der Waals surface area contributed by atoms with E-state index in [0.29, 0.717) is 12.1 Å². The molecule has 0 spiro atoms. The number of aliphatic hydroxyl groups is 1. The molecule has 0 radical (unpaired) electrons. The lowest BCUT2D eigenvalue weighted by atomic mass is 9.97. The number of carboxylic acid groups (broad SMARTS) is 1. The second-order valence-electron chi connectivity index (χ2n) is 4.15. The van der Waals surface area contributed by atoms with Crippen LogP contribution in [0.2, 0.25) is 0 Å². The number of nitrogens with one attached hydrogen (secondary N) is 1. The highest BCUT2D eigenvalue weighted by Gasteiger charge is 2.36. The third kappa shape index (κ3) is 3.47. The molecule has 0 fully saturated rings.